The first-order valence-electron chi connectivity index (χ1n) is 13.9. The van der Waals surface area contributed by atoms with Crippen LogP contribution in [0, 0.1) is 0 Å². The lowest BCUT2D eigenvalue weighted by atomic mass is 9.90. The quantitative estimate of drug-likeness (QED) is 0.116. The smallest absolute Gasteiger partial charge is 0.242 e. The lowest BCUT2D eigenvalue weighted by Gasteiger charge is -2.23. The van der Waals surface area contributed by atoms with Crippen molar-refractivity contribution in [3.05, 3.63) is 102 Å². The molecule has 1 atom stereocenters. The van der Waals surface area contributed by atoms with Crippen LogP contribution < -0.4 is 21.7 Å². The maximum Gasteiger partial charge on any atom is 0.242 e. The number of guanidine groups is 1. The van der Waals surface area contributed by atoms with E-state index in [1.165, 1.54) is 0 Å². The van der Waals surface area contributed by atoms with Crippen LogP contribution in [-0.2, 0) is 20.9 Å². The van der Waals surface area contributed by atoms with Gasteiger partial charge in [-0.3, -0.25) is 24.7 Å². The number of phenolic OH excluding ortho intramolecular Hbond substituents is 1. The molecule has 9 nitrogen and oxygen atoms in total. The Balaban J connectivity index is 1.71. The minimum absolute atomic E-state index is 0.0386. The highest BCUT2D eigenvalue weighted by atomic mass is 16.3. The average Bonchev–Trinajstić information content (AvgIpc) is 2.98. The predicted molar refractivity (Wildman–Crippen MR) is 160 cm³/mol. The summed E-state index contributed by atoms with van der Waals surface area (Å²) >= 11 is 0. The summed E-state index contributed by atoms with van der Waals surface area (Å²) in [6.45, 7) is 2.52. The molecule has 0 radical (unpaired) electrons. The third kappa shape index (κ3) is 10.4. The summed E-state index contributed by atoms with van der Waals surface area (Å²) in [6, 6.07) is 24.6. The zero-order valence-corrected chi connectivity index (χ0v) is 23.4. The van der Waals surface area contributed by atoms with E-state index in [9.17, 15) is 19.5 Å². The van der Waals surface area contributed by atoms with Crippen molar-refractivity contribution in [2.45, 2.75) is 57.5 Å². The van der Waals surface area contributed by atoms with Gasteiger partial charge in [0.15, 0.2) is 5.96 Å². The van der Waals surface area contributed by atoms with Crippen LogP contribution in [0.2, 0.25) is 0 Å². The van der Waals surface area contributed by atoms with E-state index in [0.717, 1.165) is 29.5 Å². The predicted octanol–water partition coefficient (Wildman–Crippen LogP) is 3.73. The van der Waals surface area contributed by atoms with Crippen molar-refractivity contribution < 1.29 is 19.5 Å². The van der Waals surface area contributed by atoms with Gasteiger partial charge >= 0.3 is 0 Å². The average molecular weight is 558 g/mol. The van der Waals surface area contributed by atoms with Gasteiger partial charge in [0.2, 0.25) is 17.7 Å². The van der Waals surface area contributed by atoms with Gasteiger partial charge in [0.25, 0.3) is 0 Å². The van der Waals surface area contributed by atoms with Crippen molar-refractivity contribution in [2.75, 3.05) is 6.54 Å². The van der Waals surface area contributed by atoms with Crippen LogP contribution in [0.1, 0.15) is 61.6 Å². The standard InChI is InChI=1S/C32H39N5O4/c1-2-3-16-28(39)37-32(33)34-21-10-15-27(30(40)35-22-23-17-19-26(38)20-18-23)36-31(41)29(24-11-6-4-7-12-24)25-13-8-5-9-14-25/h4-9,11-14,17-20,27,29,38H,2-3,10,15-16,21-22H2,1H3,(H,35,40)(H,36,41)(H3,33,34,37,39)/t27-/m0/s1. The number of benzene rings is 3. The third-order valence-corrected chi connectivity index (χ3v) is 6.52. The summed E-state index contributed by atoms with van der Waals surface area (Å²) in [7, 11) is 0. The first-order valence-corrected chi connectivity index (χ1v) is 13.9. The molecule has 6 N–H and O–H groups in total. The molecule has 0 aliphatic rings. The fourth-order valence-electron chi connectivity index (χ4n) is 4.31. The molecule has 0 bridgehead atoms. The van der Waals surface area contributed by atoms with Gasteiger partial charge in [0.05, 0.1) is 5.92 Å². The van der Waals surface area contributed by atoms with Gasteiger partial charge in [0, 0.05) is 19.5 Å². The second kappa shape index (κ2) is 16.4. The number of phenols is 1. The van der Waals surface area contributed by atoms with Crippen LogP contribution in [0.3, 0.4) is 0 Å². The molecule has 0 spiro atoms. The SMILES string of the molecule is CCCCC(=O)NC(N)=NCCC[C@H](NC(=O)C(c1ccccc1)c1ccccc1)C(=O)NCc1ccc(O)cc1. The monoisotopic (exact) mass is 557 g/mol. The molecule has 0 saturated heterocycles. The number of unbranched alkanes of at least 4 members (excludes halogenated alkanes) is 1. The lowest BCUT2D eigenvalue weighted by Crippen LogP contribution is -2.48. The number of hydrogen-bond acceptors (Lipinski definition) is 5. The number of aromatic hydroxyl groups is 1. The van der Waals surface area contributed by atoms with Gasteiger partial charge in [-0.2, -0.15) is 0 Å². The normalized spacial score (nSPS) is 12.0. The van der Waals surface area contributed by atoms with Gasteiger partial charge in [-0.25, -0.2) is 0 Å². The Morgan fingerprint density at radius 1 is 0.854 bits per heavy atom. The van der Waals surface area contributed by atoms with Gasteiger partial charge in [-0.1, -0.05) is 86.1 Å². The van der Waals surface area contributed by atoms with E-state index in [4.69, 9.17) is 5.73 Å². The van der Waals surface area contributed by atoms with E-state index >= 15 is 0 Å². The highest BCUT2D eigenvalue weighted by Gasteiger charge is 2.27. The third-order valence-electron chi connectivity index (χ3n) is 6.52. The maximum atomic E-state index is 13.7. The number of rotatable bonds is 14. The van der Waals surface area contributed by atoms with Crippen LogP contribution in [0.15, 0.2) is 89.9 Å². The first kappa shape index (κ1) is 30.9. The Bertz CT molecular complexity index is 1240. The van der Waals surface area contributed by atoms with Gasteiger partial charge in [0.1, 0.15) is 11.8 Å². The number of nitrogens with zero attached hydrogens (tertiary/aromatic N) is 1. The minimum atomic E-state index is -0.829. The molecule has 41 heavy (non-hydrogen) atoms. The van der Waals surface area contributed by atoms with Crippen LogP contribution in [0.4, 0.5) is 0 Å². The molecule has 3 amide bonds. The molecule has 0 saturated carbocycles. The van der Waals surface area contributed by atoms with E-state index in [1.807, 2.05) is 67.6 Å². The van der Waals surface area contributed by atoms with E-state index < -0.39 is 12.0 Å². The van der Waals surface area contributed by atoms with Crippen LogP contribution in [-0.4, -0.2) is 41.4 Å². The summed E-state index contributed by atoms with van der Waals surface area (Å²) in [5.41, 5.74) is 8.29. The Hall–Kier alpha value is -4.66. The summed E-state index contributed by atoms with van der Waals surface area (Å²) in [5.74, 6) is -1.23. The first-order chi connectivity index (χ1) is 19.9. The van der Waals surface area contributed by atoms with Crippen molar-refractivity contribution in [2.24, 2.45) is 10.7 Å². The number of aliphatic imine (C=N–C) groups is 1. The van der Waals surface area contributed by atoms with E-state index in [2.05, 4.69) is 20.9 Å². The summed E-state index contributed by atoms with van der Waals surface area (Å²) in [5, 5.41) is 18.0. The molecule has 0 aromatic heterocycles. The highest BCUT2D eigenvalue weighted by molar-refractivity contribution is 5.96. The Morgan fingerprint density at radius 3 is 2.05 bits per heavy atom. The number of carbonyl (C=O) groups is 3. The topological polar surface area (TPSA) is 146 Å². The van der Waals surface area contributed by atoms with Crippen LogP contribution in [0.25, 0.3) is 0 Å². The second-order valence-electron chi connectivity index (χ2n) is 9.76. The fourth-order valence-corrected chi connectivity index (χ4v) is 4.31. The number of hydrogen-bond donors (Lipinski definition) is 5. The number of nitrogens with two attached hydrogens (primary N) is 1. The number of carbonyl (C=O) groups excluding carboxylic acids is 3. The zero-order chi connectivity index (χ0) is 29.5. The van der Waals surface area contributed by atoms with Crippen molar-refractivity contribution in [3.8, 4) is 5.75 Å². The molecular weight excluding hydrogens is 518 g/mol. The van der Waals surface area contributed by atoms with Crippen molar-refractivity contribution in [1.82, 2.24) is 16.0 Å². The van der Waals surface area contributed by atoms with E-state index in [-0.39, 0.29) is 42.5 Å². The summed E-state index contributed by atoms with van der Waals surface area (Å²) in [4.78, 5) is 43.1. The van der Waals surface area contributed by atoms with E-state index in [0.29, 0.717) is 19.3 Å². The van der Waals surface area contributed by atoms with Gasteiger partial charge in [-0.05, 0) is 48.1 Å². The number of nitrogens with one attached hydrogen (secondary N) is 3. The lowest BCUT2D eigenvalue weighted by molar-refractivity contribution is -0.129. The van der Waals surface area contributed by atoms with E-state index in [1.54, 1.807) is 24.3 Å². The van der Waals surface area contributed by atoms with Crippen molar-refractivity contribution in [3.63, 3.8) is 0 Å². The largest absolute Gasteiger partial charge is 0.508 e. The van der Waals surface area contributed by atoms with Crippen molar-refractivity contribution >= 4 is 23.7 Å². The summed E-state index contributed by atoms with van der Waals surface area (Å²) < 4.78 is 0. The molecular formula is C32H39N5O4. The molecule has 0 aliphatic carbocycles. The molecule has 0 aliphatic heterocycles. The second-order valence-corrected chi connectivity index (χ2v) is 9.76. The molecule has 0 unspecified atom stereocenters. The zero-order valence-electron chi connectivity index (χ0n) is 23.4. The Morgan fingerprint density at radius 2 is 1.46 bits per heavy atom. The highest BCUT2D eigenvalue weighted by Crippen LogP contribution is 2.25. The Kier molecular flexibility index (Phi) is 12.4. The van der Waals surface area contributed by atoms with Crippen LogP contribution in [0.5, 0.6) is 5.75 Å². The molecule has 3 aromatic carbocycles. The van der Waals surface area contributed by atoms with Gasteiger partial charge < -0.3 is 21.5 Å². The molecule has 0 heterocycles. The molecule has 216 valence electrons. The van der Waals surface area contributed by atoms with Crippen molar-refractivity contribution in [1.29, 1.82) is 0 Å². The Labute approximate surface area is 241 Å². The molecule has 0 fully saturated rings. The fraction of sp³-hybridized carbons (Fsp3) is 0.312. The molecule has 9 heteroatoms. The van der Waals surface area contributed by atoms with Crippen LogP contribution >= 0.6 is 0 Å². The summed E-state index contributed by atoms with van der Waals surface area (Å²) in [6.07, 6.45) is 2.81. The molecule has 3 aromatic rings. The maximum absolute atomic E-state index is 13.7. The number of amides is 3. The minimum Gasteiger partial charge on any atom is -0.508 e. The molecule has 3 rings (SSSR count). The van der Waals surface area contributed by atoms with Gasteiger partial charge in [-0.15, -0.1) is 0 Å².